The molecule has 1 aromatic carbocycles. The molecule has 0 fully saturated rings. The number of hydrogen-bond donors (Lipinski definition) is 2. The highest BCUT2D eigenvalue weighted by Gasteiger charge is 2.34. The number of aromatic nitrogens is 2. The summed E-state index contributed by atoms with van der Waals surface area (Å²) in [6.45, 7) is 5.00. The van der Waals surface area contributed by atoms with E-state index in [1.807, 2.05) is 0 Å². The van der Waals surface area contributed by atoms with E-state index in [0.29, 0.717) is 16.0 Å². The minimum atomic E-state index is -4.61. The van der Waals surface area contributed by atoms with Gasteiger partial charge >= 0.3 is 12.3 Å². The number of alkyl halides is 3. The molecule has 0 spiro atoms. The highest BCUT2D eigenvalue weighted by Crippen LogP contribution is 2.39. The summed E-state index contributed by atoms with van der Waals surface area (Å²) in [4.78, 5) is 43.1. The Hall–Kier alpha value is -3.87. The van der Waals surface area contributed by atoms with E-state index in [2.05, 4.69) is 15.6 Å². The topological polar surface area (TPSA) is 102 Å². The van der Waals surface area contributed by atoms with Crippen molar-refractivity contribution < 1.29 is 31.9 Å². The van der Waals surface area contributed by atoms with Crippen molar-refractivity contribution in [2.75, 3.05) is 5.75 Å². The second-order valence-electron chi connectivity index (χ2n) is 10.1. The highest BCUT2D eigenvalue weighted by atomic mass is 32.2. The molecular formula is C27H26F4N4O4S. The summed E-state index contributed by atoms with van der Waals surface area (Å²) in [6.07, 6.45) is -3.00. The van der Waals surface area contributed by atoms with Crippen LogP contribution in [0.1, 0.15) is 59.6 Å². The van der Waals surface area contributed by atoms with Gasteiger partial charge in [0, 0.05) is 29.6 Å². The number of carbonyl (C=O) groups is 2. The zero-order chi connectivity index (χ0) is 29.2. The van der Waals surface area contributed by atoms with E-state index in [0.717, 1.165) is 12.3 Å². The Kier molecular flexibility index (Phi) is 8.24. The van der Waals surface area contributed by atoms with Gasteiger partial charge in [0.15, 0.2) is 0 Å². The molecule has 0 aliphatic carbocycles. The summed E-state index contributed by atoms with van der Waals surface area (Å²) in [5, 5.41) is 5.42. The van der Waals surface area contributed by atoms with Crippen LogP contribution >= 0.6 is 11.8 Å². The first-order valence-corrected chi connectivity index (χ1v) is 13.1. The van der Waals surface area contributed by atoms with E-state index in [-0.39, 0.29) is 30.0 Å². The van der Waals surface area contributed by atoms with Crippen molar-refractivity contribution in [3.05, 3.63) is 92.9 Å². The first kappa shape index (κ1) is 29.1. The van der Waals surface area contributed by atoms with Gasteiger partial charge in [-0.1, -0.05) is 18.2 Å². The molecule has 212 valence electrons. The van der Waals surface area contributed by atoms with E-state index in [9.17, 15) is 31.9 Å². The SMILES string of the molecule is CC(C)(C)OC(=O)N[C@H]1CSc2c(C(=O)NCc3ccc(F)cc3)cn(Cc3ccc(C(F)(F)F)nc3)c(=O)c21. The van der Waals surface area contributed by atoms with Crippen LogP contribution in [0.2, 0.25) is 0 Å². The first-order chi connectivity index (χ1) is 18.7. The predicted molar refractivity (Wildman–Crippen MR) is 139 cm³/mol. The lowest BCUT2D eigenvalue weighted by Gasteiger charge is -2.22. The van der Waals surface area contributed by atoms with Crippen molar-refractivity contribution in [3.63, 3.8) is 0 Å². The third-order valence-electron chi connectivity index (χ3n) is 5.78. The molecule has 2 N–H and O–H groups in total. The molecular weight excluding hydrogens is 552 g/mol. The zero-order valence-corrected chi connectivity index (χ0v) is 22.6. The van der Waals surface area contributed by atoms with Crippen molar-refractivity contribution >= 4 is 23.8 Å². The van der Waals surface area contributed by atoms with Gasteiger partial charge < -0.3 is 19.9 Å². The predicted octanol–water partition coefficient (Wildman–Crippen LogP) is 5.05. The van der Waals surface area contributed by atoms with E-state index in [1.54, 1.807) is 20.8 Å². The van der Waals surface area contributed by atoms with Gasteiger partial charge in [0.05, 0.1) is 23.7 Å². The molecule has 2 aromatic heterocycles. The fraction of sp³-hybridized carbons (Fsp3) is 0.333. The van der Waals surface area contributed by atoms with Crippen LogP contribution in [0.15, 0.2) is 58.5 Å². The van der Waals surface area contributed by atoms with Gasteiger partial charge in [-0.05, 0) is 50.1 Å². The van der Waals surface area contributed by atoms with Gasteiger partial charge in [0.1, 0.15) is 17.1 Å². The Morgan fingerprint density at radius 1 is 1.10 bits per heavy atom. The van der Waals surface area contributed by atoms with E-state index >= 15 is 0 Å². The second-order valence-corrected chi connectivity index (χ2v) is 11.1. The van der Waals surface area contributed by atoms with Crippen molar-refractivity contribution in [1.82, 2.24) is 20.2 Å². The number of halogens is 4. The molecule has 2 amide bonds. The van der Waals surface area contributed by atoms with Crippen LogP contribution in [-0.4, -0.2) is 32.9 Å². The van der Waals surface area contributed by atoms with Crippen LogP contribution in [0.25, 0.3) is 0 Å². The lowest BCUT2D eigenvalue weighted by molar-refractivity contribution is -0.141. The summed E-state index contributed by atoms with van der Waals surface area (Å²) in [5.74, 6) is -0.684. The number of fused-ring (bicyclic) bond motifs is 1. The van der Waals surface area contributed by atoms with E-state index in [1.165, 1.54) is 52.9 Å². The maximum atomic E-state index is 13.5. The average Bonchev–Trinajstić information content (AvgIpc) is 3.27. The number of nitrogens with one attached hydrogen (secondary N) is 2. The van der Waals surface area contributed by atoms with Gasteiger partial charge in [0.25, 0.3) is 11.5 Å². The molecule has 13 heteroatoms. The number of ether oxygens (including phenoxy) is 1. The zero-order valence-electron chi connectivity index (χ0n) is 21.8. The maximum Gasteiger partial charge on any atom is 0.433 e. The Balaban J connectivity index is 1.67. The minimum absolute atomic E-state index is 0.0834. The molecule has 0 radical (unpaired) electrons. The van der Waals surface area contributed by atoms with E-state index < -0.39 is 46.9 Å². The molecule has 8 nitrogen and oxygen atoms in total. The van der Waals surface area contributed by atoms with Gasteiger partial charge in [-0.15, -0.1) is 11.8 Å². The van der Waals surface area contributed by atoms with Crippen molar-refractivity contribution in [1.29, 1.82) is 0 Å². The molecule has 1 aliphatic heterocycles. The first-order valence-electron chi connectivity index (χ1n) is 12.2. The molecule has 0 saturated heterocycles. The Morgan fingerprint density at radius 2 is 1.77 bits per heavy atom. The quantitative estimate of drug-likeness (QED) is 0.397. The van der Waals surface area contributed by atoms with Crippen LogP contribution < -0.4 is 16.2 Å². The van der Waals surface area contributed by atoms with Gasteiger partial charge in [-0.25, -0.2) is 9.18 Å². The average molecular weight is 579 g/mol. The fourth-order valence-corrected chi connectivity index (χ4v) is 5.26. The van der Waals surface area contributed by atoms with Crippen molar-refractivity contribution in [2.45, 2.75) is 56.6 Å². The molecule has 1 atom stereocenters. The van der Waals surface area contributed by atoms with Crippen molar-refractivity contribution in [3.8, 4) is 0 Å². The Labute approximate surface area is 231 Å². The number of thioether (sulfide) groups is 1. The largest absolute Gasteiger partial charge is 0.444 e. The molecule has 3 heterocycles. The summed E-state index contributed by atoms with van der Waals surface area (Å²) in [5.41, 5.74) is -1.10. The monoisotopic (exact) mass is 578 g/mol. The van der Waals surface area contributed by atoms with Crippen LogP contribution in [0.5, 0.6) is 0 Å². The molecule has 0 bridgehead atoms. The molecule has 3 aromatic rings. The number of nitrogens with zero attached hydrogens (tertiary/aromatic N) is 2. The molecule has 0 unspecified atom stereocenters. The Morgan fingerprint density at radius 3 is 2.38 bits per heavy atom. The van der Waals surface area contributed by atoms with Gasteiger partial charge in [-0.2, -0.15) is 13.2 Å². The lowest BCUT2D eigenvalue weighted by atomic mass is 10.1. The molecule has 4 rings (SSSR count). The van der Waals surface area contributed by atoms with Gasteiger partial charge in [0.2, 0.25) is 0 Å². The van der Waals surface area contributed by atoms with Crippen molar-refractivity contribution in [2.24, 2.45) is 0 Å². The number of pyridine rings is 2. The molecule has 40 heavy (non-hydrogen) atoms. The van der Waals surface area contributed by atoms with Crippen LogP contribution in [-0.2, 0) is 24.0 Å². The smallest absolute Gasteiger partial charge is 0.433 e. The Bertz CT molecular complexity index is 1470. The van der Waals surface area contributed by atoms with Crippen LogP contribution in [0.4, 0.5) is 22.4 Å². The number of rotatable bonds is 6. The van der Waals surface area contributed by atoms with Crippen LogP contribution in [0, 0.1) is 5.82 Å². The number of benzene rings is 1. The third kappa shape index (κ3) is 7.00. The summed E-state index contributed by atoms with van der Waals surface area (Å²) in [6, 6.07) is 6.81. The number of alkyl carbamates (subject to hydrolysis) is 1. The number of hydrogen-bond acceptors (Lipinski definition) is 6. The van der Waals surface area contributed by atoms with Crippen LogP contribution in [0.3, 0.4) is 0 Å². The molecule has 1 aliphatic rings. The molecule has 0 saturated carbocycles. The lowest BCUT2D eigenvalue weighted by Crippen LogP contribution is -2.38. The fourth-order valence-electron chi connectivity index (χ4n) is 3.99. The summed E-state index contributed by atoms with van der Waals surface area (Å²) in [7, 11) is 0. The normalized spacial score (nSPS) is 14.9. The number of carbonyl (C=O) groups excluding carboxylic acids is 2. The maximum absolute atomic E-state index is 13.5. The second kappa shape index (κ2) is 11.3. The standard InChI is InChI=1S/C27H26F4N4O4S/c1-26(2,3)39-25(38)34-19-14-40-22-18(23(36)33-10-15-4-7-17(28)8-5-15)13-35(24(37)21(19)22)12-16-6-9-20(32-11-16)27(29,30)31/h4-9,11,13,19H,10,12,14H2,1-3H3,(H,33,36)(H,34,38)/t19-/m0/s1. The summed E-state index contributed by atoms with van der Waals surface area (Å²) >= 11 is 1.22. The highest BCUT2D eigenvalue weighted by molar-refractivity contribution is 7.99. The minimum Gasteiger partial charge on any atom is -0.444 e. The third-order valence-corrected chi connectivity index (χ3v) is 7.01. The summed E-state index contributed by atoms with van der Waals surface area (Å²) < 4.78 is 58.6. The van der Waals surface area contributed by atoms with Gasteiger partial charge in [-0.3, -0.25) is 14.6 Å². The van der Waals surface area contributed by atoms with E-state index in [4.69, 9.17) is 4.74 Å². The number of amides is 2.